The molecular formula is C32H24Cl2N2O3. The highest BCUT2D eigenvalue weighted by Gasteiger charge is 2.39. The van der Waals surface area contributed by atoms with Gasteiger partial charge in [-0.2, -0.15) is 5.10 Å². The van der Waals surface area contributed by atoms with Crippen LogP contribution in [0.1, 0.15) is 22.3 Å². The number of nitrogens with zero attached hydrogens (tertiary/aromatic N) is 1. The molecule has 0 radical (unpaired) electrons. The van der Waals surface area contributed by atoms with Gasteiger partial charge in [-0.3, -0.25) is 4.79 Å². The minimum absolute atomic E-state index is 0.212. The third kappa shape index (κ3) is 5.66. The van der Waals surface area contributed by atoms with Crippen LogP contribution >= 0.6 is 23.2 Å². The van der Waals surface area contributed by atoms with E-state index in [9.17, 15) is 9.90 Å². The van der Waals surface area contributed by atoms with Gasteiger partial charge in [-0.1, -0.05) is 120 Å². The van der Waals surface area contributed by atoms with Crippen LogP contribution in [-0.4, -0.2) is 17.2 Å². The largest absolute Gasteiger partial charge is 0.488 e. The number of halogens is 2. The number of fused-ring (bicyclic) bond motifs is 1. The molecule has 0 saturated heterocycles. The lowest BCUT2D eigenvalue weighted by Gasteiger charge is -2.27. The van der Waals surface area contributed by atoms with Crippen molar-refractivity contribution in [2.45, 2.75) is 12.2 Å². The van der Waals surface area contributed by atoms with E-state index in [1.54, 1.807) is 60.7 Å². The van der Waals surface area contributed by atoms with Crippen LogP contribution in [0, 0.1) is 0 Å². The maximum atomic E-state index is 13.4. The Balaban J connectivity index is 1.45. The summed E-state index contributed by atoms with van der Waals surface area (Å²) < 4.78 is 6.13. The average molecular weight is 555 g/mol. The van der Waals surface area contributed by atoms with Crippen molar-refractivity contribution in [1.82, 2.24) is 5.43 Å². The first-order valence-electron chi connectivity index (χ1n) is 12.2. The number of benzene rings is 5. The summed E-state index contributed by atoms with van der Waals surface area (Å²) in [5, 5.41) is 18.8. The molecule has 0 fully saturated rings. The molecule has 5 aromatic rings. The van der Waals surface area contributed by atoms with E-state index in [0.29, 0.717) is 32.5 Å². The molecule has 0 atom stereocenters. The lowest BCUT2D eigenvalue weighted by atomic mass is 9.85. The quantitative estimate of drug-likeness (QED) is 0.158. The number of nitrogens with one attached hydrogen (secondary N) is 1. The van der Waals surface area contributed by atoms with Crippen LogP contribution in [0.15, 0.2) is 120 Å². The molecule has 0 bridgehead atoms. The van der Waals surface area contributed by atoms with E-state index in [2.05, 4.69) is 10.5 Å². The molecule has 7 heteroatoms. The van der Waals surface area contributed by atoms with E-state index in [1.165, 1.54) is 6.21 Å². The number of carbonyl (C=O) groups excluding carboxylic acids is 1. The zero-order valence-electron chi connectivity index (χ0n) is 20.7. The summed E-state index contributed by atoms with van der Waals surface area (Å²) >= 11 is 12.4. The Labute approximate surface area is 236 Å². The maximum Gasteiger partial charge on any atom is 0.281 e. The molecule has 1 amide bonds. The van der Waals surface area contributed by atoms with Gasteiger partial charge in [0, 0.05) is 21.2 Å². The van der Waals surface area contributed by atoms with Crippen molar-refractivity contribution < 1.29 is 14.6 Å². The Morgan fingerprint density at radius 3 is 2.15 bits per heavy atom. The maximum absolute atomic E-state index is 13.4. The molecule has 0 spiro atoms. The summed E-state index contributed by atoms with van der Waals surface area (Å²) in [7, 11) is 0. The lowest BCUT2D eigenvalue weighted by Crippen LogP contribution is -2.43. The zero-order chi connectivity index (χ0) is 27.2. The van der Waals surface area contributed by atoms with E-state index in [4.69, 9.17) is 27.9 Å². The van der Waals surface area contributed by atoms with Gasteiger partial charge < -0.3 is 9.84 Å². The van der Waals surface area contributed by atoms with E-state index in [0.717, 1.165) is 16.3 Å². The Kier molecular flexibility index (Phi) is 7.94. The summed E-state index contributed by atoms with van der Waals surface area (Å²) in [5.41, 5.74) is 2.90. The highest BCUT2D eigenvalue weighted by molar-refractivity contribution is 6.35. The molecule has 0 aliphatic rings. The molecule has 2 N–H and O–H groups in total. The summed E-state index contributed by atoms with van der Waals surface area (Å²) in [6.07, 6.45) is 1.52. The van der Waals surface area contributed by atoms with Crippen LogP contribution in [0.3, 0.4) is 0 Å². The van der Waals surface area contributed by atoms with E-state index >= 15 is 0 Å². The Morgan fingerprint density at radius 1 is 0.846 bits per heavy atom. The fourth-order valence-corrected chi connectivity index (χ4v) is 4.82. The van der Waals surface area contributed by atoms with Crippen molar-refractivity contribution in [2.75, 3.05) is 0 Å². The molecule has 0 heterocycles. The number of hydrogen-bond donors (Lipinski definition) is 2. The van der Waals surface area contributed by atoms with E-state index in [-0.39, 0.29) is 6.61 Å². The van der Waals surface area contributed by atoms with Gasteiger partial charge in [0.05, 0.1) is 6.21 Å². The average Bonchev–Trinajstić information content (AvgIpc) is 2.97. The lowest BCUT2D eigenvalue weighted by molar-refractivity contribution is -0.136. The minimum atomic E-state index is -1.94. The summed E-state index contributed by atoms with van der Waals surface area (Å²) in [4.78, 5) is 13.4. The number of hydrogen-bond acceptors (Lipinski definition) is 4. The third-order valence-electron chi connectivity index (χ3n) is 6.40. The molecular weight excluding hydrogens is 531 g/mol. The SMILES string of the molecule is O=C(N/N=C\c1c(OCc2ccc(Cl)cc2Cl)ccc2ccccc12)C(O)(c1ccccc1)c1ccccc1. The molecule has 0 aromatic heterocycles. The van der Waals surface area contributed by atoms with Crippen LogP contribution in [0.4, 0.5) is 0 Å². The number of carbonyl (C=O) groups is 1. The van der Waals surface area contributed by atoms with E-state index in [1.807, 2.05) is 54.6 Å². The number of amides is 1. The van der Waals surface area contributed by atoms with Crippen LogP contribution < -0.4 is 10.2 Å². The monoisotopic (exact) mass is 554 g/mol. The van der Waals surface area contributed by atoms with Gasteiger partial charge in [-0.05, 0) is 40.1 Å². The molecule has 0 aliphatic heterocycles. The van der Waals surface area contributed by atoms with Crippen molar-refractivity contribution in [2.24, 2.45) is 5.10 Å². The normalized spacial score (nSPS) is 11.6. The molecule has 0 unspecified atom stereocenters. The van der Waals surface area contributed by atoms with Crippen molar-refractivity contribution >= 4 is 46.1 Å². The number of hydrazone groups is 1. The van der Waals surface area contributed by atoms with Crippen LogP contribution in [0.5, 0.6) is 5.75 Å². The van der Waals surface area contributed by atoms with Crippen LogP contribution in [0.25, 0.3) is 10.8 Å². The topological polar surface area (TPSA) is 70.9 Å². The van der Waals surface area contributed by atoms with E-state index < -0.39 is 11.5 Å². The third-order valence-corrected chi connectivity index (χ3v) is 6.99. The fraction of sp³-hybridized carbons (Fsp3) is 0.0625. The first-order valence-corrected chi connectivity index (χ1v) is 13.0. The first kappa shape index (κ1) is 26.4. The number of rotatable bonds is 8. The van der Waals surface area contributed by atoms with Gasteiger partial charge in [0.2, 0.25) is 0 Å². The van der Waals surface area contributed by atoms with Crippen molar-refractivity contribution in [3.63, 3.8) is 0 Å². The van der Waals surface area contributed by atoms with Gasteiger partial charge >= 0.3 is 0 Å². The van der Waals surface area contributed by atoms with Gasteiger partial charge in [0.15, 0.2) is 5.60 Å². The highest BCUT2D eigenvalue weighted by atomic mass is 35.5. The Bertz CT molecular complexity index is 1600. The molecule has 39 heavy (non-hydrogen) atoms. The molecule has 5 rings (SSSR count). The Hall–Kier alpha value is -4.16. The second kappa shape index (κ2) is 11.7. The highest BCUT2D eigenvalue weighted by Crippen LogP contribution is 2.31. The molecule has 5 aromatic carbocycles. The number of aliphatic hydroxyl groups is 1. The van der Waals surface area contributed by atoms with Gasteiger partial charge in [-0.25, -0.2) is 5.43 Å². The minimum Gasteiger partial charge on any atom is -0.488 e. The molecule has 0 saturated carbocycles. The summed E-state index contributed by atoms with van der Waals surface area (Å²) in [6.45, 7) is 0.212. The molecule has 194 valence electrons. The summed E-state index contributed by atoms with van der Waals surface area (Å²) in [6, 6.07) is 34.4. The van der Waals surface area contributed by atoms with Crippen molar-refractivity contribution in [1.29, 1.82) is 0 Å². The second-order valence-electron chi connectivity index (χ2n) is 8.86. The number of ether oxygens (including phenoxy) is 1. The van der Waals surface area contributed by atoms with Gasteiger partial charge in [0.25, 0.3) is 5.91 Å². The summed E-state index contributed by atoms with van der Waals surface area (Å²) in [5.74, 6) is -0.133. The fourth-order valence-electron chi connectivity index (χ4n) is 4.35. The standard InChI is InChI=1S/C32H24Cl2N2O3/c33-26-17-15-23(29(34)19-26)21-39-30-18-16-22-9-7-8-14-27(22)28(30)20-35-36-31(37)32(38,24-10-3-1-4-11-24)25-12-5-2-6-13-25/h1-20,38H,21H2,(H,36,37)/b35-20-. The van der Waals surface area contributed by atoms with Crippen molar-refractivity contribution in [3.05, 3.63) is 148 Å². The van der Waals surface area contributed by atoms with Crippen LogP contribution in [-0.2, 0) is 17.0 Å². The van der Waals surface area contributed by atoms with Gasteiger partial charge in [0.1, 0.15) is 12.4 Å². The predicted molar refractivity (Wildman–Crippen MR) is 156 cm³/mol. The molecule has 0 aliphatic carbocycles. The van der Waals surface area contributed by atoms with Gasteiger partial charge in [-0.15, -0.1) is 0 Å². The first-order chi connectivity index (χ1) is 19.0. The molecule has 5 nitrogen and oxygen atoms in total. The smallest absolute Gasteiger partial charge is 0.281 e. The second-order valence-corrected chi connectivity index (χ2v) is 9.71. The Morgan fingerprint density at radius 2 is 1.49 bits per heavy atom. The predicted octanol–water partition coefficient (Wildman–Crippen LogP) is 7.11. The van der Waals surface area contributed by atoms with Crippen molar-refractivity contribution in [3.8, 4) is 5.75 Å². The van der Waals surface area contributed by atoms with Crippen LogP contribution in [0.2, 0.25) is 10.0 Å². The zero-order valence-corrected chi connectivity index (χ0v) is 22.2.